The van der Waals surface area contributed by atoms with E-state index in [1.54, 1.807) is 0 Å². The van der Waals surface area contributed by atoms with Crippen molar-refractivity contribution in [2.45, 2.75) is 12.5 Å². The molecule has 0 saturated heterocycles. The van der Waals surface area contributed by atoms with Crippen molar-refractivity contribution in [2.75, 3.05) is 0 Å². The third-order valence-electron chi connectivity index (χ3n) is 1.82. The van der Waals surface area contributed by atoms with Crippen LogP contribution in [0.5, 0.6) is 0 Å². The molecule has 15 heavy (non-hydrogen) atoms. The Morgan fingerprint density at radius 1 is 1.47 bits per heavy atom. The molecule has 1 amide bonds. The standard InChI is InChI=1S/C9H12N2O3S/c10-8(9(12)11-15(13)14)6-7-4-2-1-3-5-7/h1-5,8H,6,10H2,(H,11,12)(H,13,14). The molecule has 0 fully saturated rings. The summed E-state index contributed by atoms with van der Waals surface area (Å²) >= 11 is -2.35. The zero-order valence-electron chi connectivity index (χ0n) is 7.92. The van der Waals surface area contributed by atoms with E-state index in [9.17, 15) is 9.00 Å². The highest BCUT2D eigenvalue weighted by Crippen LogP contribution is 2.01. The molecule has 0 radical (unpaired) electrons. The van der Waals surface area contributed by atoms with Crippen LogP contribution in [0.15, 0.2) is 30.3 Å². The topological polar surface area (TPSA) is 92.4 Å². The van der Waals surface area contributed by atoms with Crippen LogP contribution < -0.4 is 10.5 Å². The lowest BCUT2D eigenvalue weighted by molar-refractivity contribution is -0.120. The van der Waals surface area contributed by atoms with E-state index in [2.05, 4.69) is 0 Å². The summed E-state index contributed by atoms with van der Waals surface area (Å²) in [6, 6.07) is 8.39. The quantitative estimate of drug-likeness (QED) is 0.623. The maximum atomic E-state index is 11.2. The minimum Gasteiger partial charge on any atom is -0.320 e. The Morgan fingerprint density at radius 3 is 2.60 bits per heavy atom. The maximum absolute atomic E-state index is 11.2. The van der Waals surface area contributed by atoms with E-state index >= 15 is 0 Å². The van der Waals surface area contributed by atoms with Gasteiger partial charge < -0.3 is 5.73 Å². The molecule has 1 aromatic rings. The first kappa shape index (κ1) is 11.8. The maximum Gasteiger partial charge on any atom is 0.261 e. The number of benzene rings is 1. The van der Waals surface area contributed by atoms with Crippen LogP contribution >= 0.6 is 0 Å². The Bertz CT molecular complexity index is 356. The van der Waals surface area contributed by atoms with Crippen molar-refractivity contribution in [3.8, 4) is 0 Å². The molecule has 0 aliphatic heterocycles. The molecule has 0 bridgehead atoms. The molecular formula is C9H12N2O3S. The van der Waals surface area contributed by atoms with E-state index in [-0.39, 0.29) is 0 Å². The molecule has 0 heterocycles. The average molecular weight is 228 g/mol. The van der Waals surface area contributed by atoms with Gasteiger partial charge in [-0.05, 0) is 12.0 Å². The summed E-state index contributed by atoms with van der Waals surface area (Å²) in [6.45, 7) is 0. The molecule has 6 heteroatoms. The lowest BCUT2D eigenvalue weighted by Gasteiger charge is -2.09. The van der Waals surface area contributed by atoms with Gasteiger partial charge in [-0.25, -0.2) is 4.21 Å². The Morgan fingerprint density at radius 2 is 2.07 bits per heavy atom. The molecular weight excluding hydrogens is 216 g/mol. The first-order valence-corrected chi connectivity index (χ1v) is 5.41. The third-order valence-corrected chi connectivity index (χ3v) is 2.20. The number of rotatable bonds is 4. The van der Waals surface area contributed by atoms with E-state index in [0.717, 1.165) is 5.56 Å². The molecule has 1 aromatic carbocycles. The fourth-order valence-corrected chi connectivity index (χ4v) is 1.45. The fourth-order valence-electron chi connectivity index (χ4n) is 1.12. The van der Waals surface area contributed by atoms with Gasteiger partial charge in [0.1, 0.15) is 0 Å². The van der Waals surface area contributed by atoms with Gasteiger partial charge >= 0.3 is 0 Å². The summed E-state index contributed by atoms with van der Waals surface area (Å²) in [4.78, 5) is 11.2. The number of carbonyl (C=O) groups excluding carboxylic acids is 1. The highest BCUT2D eigenvalue weighted by Gasteiger charge is 2.15. The SMILES string of the molecule is NC(Cc1ccccc1)C(=O)NS(=O)O. The largest absolute Gasteiger partial charge is 0.320 e. The molecule has 4 N–H and O–H groups in total. The molecule has 2 unspecified atom stereocenters. The Hall–Kier alpha value is -1.24. The fraction of sp³-hybridized carbons (Fsp3) is 0.222. The van der Waals surface area contributed by atoms with Crippen molar-refractivity contribution < 1.29 is 13.6 Å². The van der Waals surface area contributed by atoms with Gasteiger partial charge in [-0.15, -0.1) is 0 Å². The van der Waals surface area contributed by atoms with Crippen LogP contribution in [0.2, 0.25) is 0 Å². The number of amides is 1. The second kappa shape index (κ2) is 5.59. The minimum absolute atomic E-state index is 0.337. The summed E-state index contributed by atoms with van der Waals surface area (Å²) in [6.07, 6.45) is 0.337. The van der Waals surface area contributed by atoms with E-state index in [0.29, 0.717) is 6.42 Å². The molecule has 0 aliphatic rings. The van der Waals surface area contributed by atoms with Crippen LogP contribution in [-0.2, 0) is 22.5 Å². The van der Waals surface area contributed by atoms with Crippen molar-refractivity contribution in [3.63, 3.8) is 0 Å². The van der Waals surface area contributed by atoms with Crippen LogP contribution in [0.3, 0.4) is 0 Å². The molecule has 82 valence electrons. The van der Waals surface area contributed by atoms with E-state index in [1.165, 1.54) is 0 Å². The first-order chi connectivity index (χ1) is 7.09. The number of nitrogens with one attached hydrogen (secondary N) is 1. The number of carbonyl (C=O) groups is 1. The van der Waals surface area contributed by atoms with Gasteiger partial charge in [0.25, 0.3) is 17.2 Å². The molecule has 0 aromatic heterocycles. The van der Waals surface area contributed by atoms with E-state index in [4.69, 9.17) is 10.3 Å². The van der Waals surface area contributed by atoms with Gasteiger partial charge in [0.15, 0.2) is 0 Å². The van der Waals surface area contributed by atoms with E-state index < -0.39 is 23.2 Å². The van der Waals surface area contributed by atoms with Gasteiger partial charge in [0.2, 0.25) is 0 Å². The highest BCUT2D eigenvalue weighted by molar-refractivity contribution is 7.77. The smallest absolute Gasteiger partial charge is 0.261 e. The first-order valence-electron chi connectivity index (χ1n) is 4.30. The van der Waals surface area contributed by atoms with Crippen LogP contribution in [0.25, 0.3) is 0 Å². The summed E-state index contributed by atoms with van der Waals surface area (Å²) < 4.78 is 20.5. The normalized spacial score (nSPS) is 14.3. The minimum atomic E-state index is -2.35. The van der Waals surface area contributed by atoms with Crippen LogP contribution in [0.1, 0.15) is 5.56 Å². The second-order valence-electron chi connectivity index (χ2n) is 3.01. The average Bonchev–Trinajstić information content (AvgIpc) is 2.18. The zero-order valence-corrected chi connectivity index (χ0v) is 8.74. The molecule has 0 spiro atoms. The van der Waals surface area contributed by atoms with Crippen LogP contribution in [0.4, 0.5) is 0 Å². The Balaban J connectivity index is 2.52. The van der Waals surface area contributed by atoms with Gasteiger partial charge in [0, 0.05) is 0 Å². The summed E-state index contributed by atoms with van der Waals surface area (Å²) in [5, 5.41) is 0. The zero-order chi connectivity index (χ0) is 11.3. The van der Waals surface area contributed by atoms with Crippen molar-refractivity contribution >= 4 is 17.2 Å². The summed E-state index contributed by atoms with van der Waals surface area (Å²) in [7, 11) is 0. The second-order valence-corrected chi connectivity index (χ2v) is 3.71. The van der Waals surface area contributed by atoms with Crippen molar-refractivity contribution in [3.05, 3.63) is 35.9 Å². The van der Waals surface area contributed by atoms with Crippen LogP contribution in [-0.4, -0.2) is 20.7 Å². The molecule has 5 nitrogen and oxygen atoms in total. The van der Waals surface area contributed by atoms with Gasteiger partial charge in [-0.1, -0.05) is 30.3 Å². The highest BCUT2D eigenvalue weighted by atomic mass is 32.2. The summed E-state index contributed by atoms with van der Waals surface area (Å²) in [5.41, 5.74) is 6.45. The summed E-state index contributed by atoms with van der Waals surface area (Å²) in [5.74, 6) is -0.639. The van der Waals surface area contributed by atoms with Gasteiger partial charge in [-0.2, -0.15) is 0 Å². The number of nitrogens with two attached hydrogens (primary N) is 1. The molecule has 2 atom stereocenters. The monoisotopic (exact) mass is 228 g/mol. The third kappa shape index (κ3) is 4.20. The van der Waals surface area contributed by atoms with Gasteiger partial charge in [-0.3, -0.25) is 14.1 Å². The van der Waals surface area contributed by atoms with Gasteiger partial charge in [0.05, 0.1) is 6.04 Å². The van der Waals surface area contributed by atoms with Crippen molar-refractivity contribution in [2.24, 2.45) is 5.73 Å². The van der Waals surface area contributed by atoms with E-state index in [1.807, 2.05) is 35.1 Å². The van der Waals surface area contributed by atoms with Crippen molar-refractivity contribution in [1.29, 1.82) is 0 Å². The van der Waals surface area contributed by atoms with Crippen LogP contribution in [0, 0.1) is 0 Å². The molecule has 1 rings (SSSR count). The predicted octanol–water partition coefficient (Wildman–Crippen LogP) is -0.191. The number of hydrogen-bond acceptors (Lipinski definition) is 3. The molecule has 0 saturated carbocycles. The lowest BCUT2D eigenvalue weighted by atomic mass is 10.1. The van der Waals surface area contributed by atoms with Crippen molar-refractivity contribution in [1.82, 2.24) is 4.72 Å². The number of hydrogen-bond donors (Lipinski definition) is 3. The predicted molar refractivity (Wildman–Crippen MR) is 57.0 cm³/mol. The Kier molecular flexibility index (Phi) is 4.41. The lowest BCUT2D eigenvalue weighted by Crippen LogP contribution is -2.42. The molecule has 0 aliphatic carbocycles. The Labute approximate surface area is 90.1 Å².